The Labute approximate surface area is 156 Å². The molecule has 144 valence electrons. The highest BCUT2D eigenvalue weighted by Crippen LogP contribution is 2.35. The average molecular weight is 374 g/mol. The molecule has 0 unspecified atom stereocenters. The Bertz CT molecular complexity index is 752. The van der Waals surface area contributed by atoms with Gasteiger partial charge in [0.25, 0.3) is 5.91 Å². The zero-order chi connectivity index (χ0) is 19.4. The van der Waals surface area contributed by atoms with Gasteiger partial charge in [0.2, 0.25) is 0 Å². The molecule has 27 heavy (non-hydrogen) atoms. The van der Waals surface area contributed by atoms with E-state index in [1.165, 1.54) is 7.11 Å². The largest absolute Gasteiger partial charge is 0.497 e. The summed E-state index contributed by atoms with van der Waals surface area (Å²) in [6.45, 7) is -0.447. The molecule has 1 aromatic carbocycles. The van der Waals surface area contributed by atoms with Crippen molar-refractivity contribution < 1.29 is 28.7 Å². The first kappa shape index (κ1) is 18.9. The van der Waals surface area contributed by atoms with E-state index in [-0.39, 0.29) is 24.7 Å². The molecule has 8 heteroatoms. The molecule has 3 rings (SSSR count). The molecule has 0 atom stereocenters. The Balaban J connectivity index is 1.46. The molecule has 0 bridgehead atoms. The molecule has 1 aliphatic heterocycles. The minimum Gasteiger partial charge on any atom is -0.497 e. The molecule has 2 aliphatic rings. The van der Waals surface area contributed by atoms with E-state index in [4.69, 9.17) is 9.47 Å². The van der Waals surface area contributed by atoms with Gasteiger partial charge in [0, 0.05) is 12.1 Å². The Hall–Kier alpha value is -2.90. The van der Waals surface area contributed by atoms with Gasteiger partial charge >= 0.3 is 12.0 Å². The molecule has 8 nitrogen and oxygen atoms in total. The van der Waals surface area contributed by atoms with Crippen LogP contribution in [0.1, 0.15) is 42.5 Å². The number of urea groups is 1. The number of esters is 1. The molecular formula is C19H22N2O6. The van der Waals surface area contributed by atoms with Crippen molar-refractivity contribution >= 4 is 23.7 Å². The first-order chi connectivity index (χ1) is 12.9. The lowest BCUT2D eigenvalue weighted by atomic mass is 9.98. The first-order valence-corrected chi connectivity index (χ1v) is 8.92. The fraction of sp³-hybridized carbons (Fsp3) is 0.474. The normalized spacial score (nSPS) is 17.9. The van der Waals surface area contributed by atoms with Crippen LogP contribution in [0.4, 0.5) is 4.79 Å². The molecule has 1 aliphatic carbocycles. The Morgan fingerprint density at radius 3 is 2.44 bits per heavy atom. The lowest BCUT2D eigenvalue weighted by Gasteiger charge is -2.19. The Morgan fingerprint density at radius 1 is 1.15 bits per heavy atom. The topological polar surface area (TPSA) is 102 Å². The van der Waals surface area contributed by atoms with Crippen molar-refractivity contribution in [2.45, 2.75) is 37.6 Å². The Morgan fingerprint density at radius 2 is 1.81 bits per heavy atom. The summed E-state index contributed by atoms with van der Waals surface area (Å²) >= 11 is 0. The van der Waals surface area contributed by atoms with E-state index in [0.29, 0.717) is 24.2 Å². The molecule has 1 saturated carbocycles. The van der Waals surface area contributed by atoms with Gasteiger partial charge in [0.15, 0.2) is 12.4 Å². The monoisotopic (exact) mass is 374 g/mol. The van der Waals surface area contributed by atoms with Crippen LogP contribution in [0.25, 0.3) is 0 Å². The summed E-state index contributed by atoms with van der Waals surface area (Å²) in [5.41, 5.74) is -0.383. The van der Waals surface area contributed by atoms with Crippen LogP contribution in [0.3, 0.4) is 0 Å². The second kappa shape index (κ2) is 7.77. The van der Waals surface area contributed by atoms with E-state index in [0.717, 1.165) is 17.7 Å². The molecule has 0 radical (unpaired) electrons. The van der Waals surface area contributed by atoms with Crippen LogP contribution in [-0.4, -0.2) is 54.4 Å². The molecule has 3 amide bonds. The van der Waals surface area contributed by atoms with Gasteiger partial charge in [-0.05, 0) is 37.1 Å². The number of nitrogens with one attached hydrogen (secondary N) is 1. The molecule has 1 aromatic rings. The molecule has 1 spiro atoms. The number of rotatable bonds is 7. The average Bonchev–Trinajstić information content (AvgIpc) is 3.23. The minimum atomic E-state index is -0.786. The molecule has 1 saturated heterocycles. The van der Waals surface area contributed by atoms with Crippen LogP contribution in [0.2, 0.25) is 0 Å². The quantitative estimate of drug-likeness (QED) is 0.443. The van der Waals surface area contributed by atoms with Gasteiger partial charge in [-0.1, -0.05) is 12.8 Å². The van der Waals surface area contributed by atoms with E-state index >= 15 is 0 Å². The molecule has 0 aromatic heterocycles. The van der Waals surface area contributed by atoms with E-state index < -0.39 is 24.1 Å². The maximum atomic E-state index is 12.5. The van der Waals surface area contributed by atoms with Gasteiger partial charge in [0.05, 0.1) is 13.5 Å². The van der Waals surface area contributed by atoms with E-state index in [2.05, 4.69) is 5.32 Å². The number of benzene rings is 1. The third-order valence-corrected chi connectivity index (χ3v) is 5.02. The van der Waals surface area contributed by atoms with Crippen LogP contribution < -0.4 is 10.1 Å². The van der Waals surface area contributed by atoms with Gasteiger partial charge in [-0.3, -0.25) is 19.3 Å². The van der Waals surface area contributed by atoms with Gasteiger partial charge in [-0.15, -0.1) is 0 Å². The van der Waals surface area contributed by atoms with Gasteiger partial charge in [0.1, 0.15) is 11.3 Å². The van der Waals surface area contributed by atoms with E-state index in [1.54, 1.807) is 24.3 Å². The van der Waals surface area contributed by atoms with E-state index in [1.807, 2.05) is 0 Å². The van der Waals surface area contributed by atoms with Crippen molar-refractivity contribution in [1.82, 2.24) is 10.2 Å². The predicted molar refractivity (Wildman–Crippen MR) is 94.3 cm³/mol. The summed E-state index contributed by atoms with van der Waals surface area (Å²) < 4.78 is 9.99. The molecule has 1 heterocycles. The van der Waals surface area contributed by atoms with Crippen LogP contribution in [0.15, 0.2) is 24.3 Å². The second-order valence-electron chi connectivity index (χ2n) is 6.74. The van der Waals surface area contributed by atoms with Crippen molar-refractivity contribution in [3.05, 3.63) is 29.8 Å². The van der Waals surface area contributed by atoms with Crippen molar-refractivity contribution in [2.75, 3.05) is 20.3 Å². The van der Waals surface area contributed by atoms with Crippen LogP contribution in [-0.2, 0) is 14.3 Å². The summed E-state index contributed by atoms with van der Waals surface area (Å²) in [7, 11) is 1.53. The SMILES string of the molecule is COc1ccc(C(=O)COC(=O)CCN2C(=O)NC3(CCCC3)C2=O)cc1. The van der Waals surface area contributed by atoms with Crippen molar-refractivity contribution in [3.8, 4) is 5.75 Å². The number of nitrogens with zero attached hydrogens (tertiary/aromatic N) is 1. The number of ketones is 1. The number of methoxy groups -OCH3 is 1. The molecule has 2 fully saturated rings. The third-order valence-electron chi connectivity index (χ3n) is 5.02. The van der Waals surface area contributed by atoms with Crippen LogP contribution >= 0.6 is 0 Å². The number of ether oxygens (including phenoxy) is 2. The number of hydrogen-bond donors (Lipinski definition) is 1. The summed E-state index contributed by atoms with van der Waals surface area (Å²) in [4.78, 5) is 49.5. The number of amides is 3. The van der Waals surface area contributed by atoms with Crippen molar-refractivity contribution in [3.63, 3.8) is 0 Å². The van der Waals surface area contributed by atoms with Crippen molar-refractivity contribution in [2.24, 2.45) is 0 Å². The number of carbonyl (C=O) groups is 4. The maximum absolute atomic E-state index is 12.5. The highest BCUT2D eigenvalue weighted by molar-refractivity contribution is 6.07. The van der Waals surface area contributed by atoms with E-state index in [9.17, 15) is 19.2 Å². The van der Waals surface area contributed by atoms with Gasteiger partial charge in [-0.25, -0.2) is 4.79 Å². The van der Waals surface area contributed by atoms with Crippen LogP contribution in [0, 0.1) is 0 Å². The molecule has 1 N–H and O–H groups in total. The number of Topliss-reactive ketones (excluding diaryl/α,β-unsaturated/α-hetero) is 1. The minimum absolute atomic E-state index is 0.0536. The summed E-state index contributed by atoms with van der Waals surface area (Å²) in [6, 6.07) is 5.99. The summed E-state index contributed by atoms with van der Waals surface area (Å²) in [5.74, 6) is -0.625. The zero-order valence-corrected chi connectivity index (χ0v) is 15.2. The first-order valence-electron chi connectivity index (χ1n) is 8.92. The van der Waals surface area contributed by atoms with Crippen molar-refractivity contribution in [1.29, 1.82) is 0 Å². The van der Waals surface area contributed by atoms with Crippen LogP contribution in [0.5, 0.6) is 5.75 Å². The highest BCUT2D eigenvalue weighted by Gasteiger charge is 2.52. The molecular weight excluding hydrogens is 352 g/mol. The zero-order valence-electron chi connectivity index (χ0n) is 15.2. The Kier molecular flexibility index (Phi) is 5.43. The lowest BCUT2D eigenvalue weighted by Crippen LogP contribution is -2.44. The lowest BCUT2D eigenvalue weighted by molar-refractivity contribution is -0.143. The highest BCUT2D eigenvalue weighted by atomic mass is 16.5. The second-order valence-corrected chi connectivity index (χ2v) is 6.74. The third kappa shape index (κ3) is 3.94. The fourth-order valence-corrected chi connectivity index (χ4v) is 3.48. The smallest absolute Gasteiger partial charge is 0.325 e. The number of carbonyl (C=O) groups excluding carboxylic acids is 4. The maximum Gasteiger partial charge on any atom is 0.325 e. The summed E-state index contributed by atoms with van der Waals surface area (Å²) in [6.07, 6.45) is 2.92. The predicted octanol–water partition coefficient (Wildman–Crippen LogP) is 1.68. The standard InChI is InChI=1S/C19H22N2O6/c1-26-14-6-4-13(5-7-14)15(22)12-27-16(23)8-11-21-17(24)19(20-18(21)25)9-2-3-10-19/h4-7H,2-3,8-12H2,1H3,(H,20,25). The number of imide groups is 1. The van der Waals surface area contributed by atoms with Gasteiger partial charge in [-0.2, -0.15) is 0 Å². The van der Waals surface area contributed by atoms with Gasteiger partial charge < -0.3 is 14.8 Å². The number of hydrogen-bond acceptors (Lipinski definition) is 6. The summed E-state index contributed by atoms with van der Waals surface area (Å²) in [5, 5.41) is 2.75. The fourth-order valence-electron chi connectivity index (χ4n) is 3.48.